The van der Waals surface area contributed by atoms with E-state index >= 15 is 0 Å². The van der Waals surface area contributed by atoms with Gasteiger partial charge in [0, 0.05) is 22.7 Å². The lowest BCUT2D eigenvalue weighted by Crippen LogP contribution is -2.23. The molecule has 2 N–H and O–H groups in total. The second-order valence-corrected chi connectivity index (χ2v) is 7.41. The summed E-state index contributed by atoms with van der Waals surface area (Å²) in [7, 11) is 3.74. The predicted molar refractivity (Wildman–Crippen MR) is 103 cm³/mol. The number of nitrogens with one attached hydrogen (secondary N) is 2. The van der Waals surface area contributed by atoms with Gasteiger partial charge in [-0.2, -0.15) is 10.5 Å². The van der Waals surface area contributed by atoms with Crippen LogP contribution in [0.2, 0.25) is 5.02 Å². The summed E-state index contributed by atoms with van der Waals surface area (Å²) in [6.45, 7) is 0.401. The zero-order valence-electron chi connectivity index (χ0n) is 14.7. The highest BCUT2D eigenvalue weighted by Crippen LogP contribution is 2.33. The first-order valence-corrected chi connectivity index (χ1v) is 9.31. The number of H-pyrrole nitrogens is 2. The molecule has 0 bridgehead atoms. The summed E-state index contributed by atoms with van der Waals surface area (Å²) in [4.78, 5) is 17.5. The lowest BCUT2D eigenvalue weighted by molar-refractivity contribution is 0.400. The van der Waals surface area contributed by atoms with Crippen LogP contribution in [0.15, 0.2) is 34.1 Å². The molecule has 0 amide bonds. The number of benzene rings is 1. The van der Waals surface area contributed by atoms with Crippen LogP contribution in [0.1, 0.15) is 17.0 Å². The number of halogens is 1. The number of nitriles is 1. The molecule has 0 aliphatic heterocycles. The van der Waals surface area contributed by atoms with Crippen LogP contribution in [0.4, 0.5) is 0 Å². The third kappa shape index (κ3) is 4.36. The number of hydrogen-bond donors (Lipinski definition) is 2. The number of hydrogen-bond acceptors (Lipinski definition) is 7. The number of pyridine rings is 1. The molecule has 1 aromatic carbocycles. The van der Waals surface area contributed by atoms with Crippen molar-refractivity contribution in [2.45, 2.75) is 17.3 Å². The third-order valence-electron chi connectivity index (χ3n) is 3.73. The minimum absolute atomic E-state index is 0.233. The third-order valence-corrected chi connectivity index (χ3v) is 4.98. The molecule has 0 atom stereocenters. The van der Waals surface area contributed by atoms with Crippen LogP contribution in [0.25, 0.3) is 11.1 Å². The van der Waals surface area contributed by atoms with Crippen molar-refractivity contribution in [1.29, 1.82) is 5.26 Å². The first-order chi connectivity index (χ1) is 13.0. The zero-order valence-corrected chi connectivity index (χ0v) is 16.2. The Balaban J connectivity index is 2.14. The SMILES string of the molecule is CN(C)Cc1c(-c2ccc(Cl)cc2)c(C#N)c(SCc2nn[nH]n2)[nH]c1=O. The predicted octanol–water partition coefficient (Wildman–Crippen LogP) is 2.43. The Bertz CT molecular complexity index is 1020. The van der Waals surface area contributed by atoms with Crippen molar-refractivity contribution < 1.29 is 0 Å². The van der Waals surface area contributed by atoms with E-state index in [9.17, 15) is 10.1 Å². The van der Waals surface area contributed by atoms with Crippen molar-refractivity contribution in [1.82, 2.24) is 30.5 Å². The van der Waals surface area contributed by atoms with E-state index in [1.54, 1.807) is 12.1 Å². The quantitative estimate of drug-likeness (QED) is 0.609. The molecule has 2 heterocycles. The summed E-state index contributed by atoms with van der Waals surface area (Å²) < 4.78 is 0. The molecule has 27 heavy (non-hydrogen) atoms. The van der Waals surface area contributed by atoms with Gasteiger partial charge in [-0.3, -0.25) is 4.79 Å². The number of thioether (sulfide) groups is 1. The van der Waals surface area contributed by atoms with Crippen molar-refractivity contribution in [2.24, 2.45) is 0 Å². The van der Waals surface area contributed by atoms with Crippen LogP contribution in [-0.2, 0) is 12.3 Å². The van der Waals surface area contributed by atoms with Gasteiger partial charge < -0.3 is 9.88 Å². The maximum Gasteiger partial charge on any atom is 0.253 e. The Morgan fingerprint density at radius 3 is 2.63 bits per heavy atom. The molecule has 3 aromatic rings. The van der Waals surface area contributed by atoms with Gasteiger partial charge in [0.05, 0.1) is 16.3 Å². The highest BCUT2D eigenvalue weighted by molar-refractivity contribution is 7.98. The fourth-order valence-corrected chi connectivity index (χ4v) is 3.60. The van der Waals surface area contributed by atoms with E-state index in [1.807, 2.05) is 31.1 Å². The van der Waals surface area contributed by atoms with E-state index in [2.05, 4.69) is 31.7 Å². The largest absolute Gasteiger partial charge is 0.316 e. The Morgan fingerprint density at radius 1 is 1.30 bits per heavy atom. The van der Waals surface area contributed by atoms with E-state index in [1.165, 1.54) is 11.8 Å². The summed E-state index contributed by atoms with van der Waals surface area (Å²) in [6.07, 6.45) is 0. The van der Waals surface area contributed by atoms with Gasteiger partial charge in [0.1, 0.15) is 6.07 Å². The molecular formula is C17H16ClN7OS. The van der Waals surface area contributed by atoms with Crippen LogP contribution in [0, 0.1) is 11.3 Å². The van der Waals surface area contributed by atoms with Crippen molar-refractivity contribution in [2.75, 3.05) is 14.1 Å². The first-order valence-electron chi connectivity index (χ1n) is 7.94. The molecule has 0 saturated heterocycles. The fraction of sp³-hybridized carbons (Fsp3) is 0.235. The summed E-state index contributed by atoms with van der Waals surface area (Å²) >= 11 is 7.28. The fourth-order valence-electron chi connectivity index (χ4n) is 2.62. The maximum absolute atomic E-state index is 12.8. The zero-order chi connectivity index (χ0) is 19.4. The van der Waals surface area contributed by atoms with Crippen LogP contribution in [0.3, 0.4) is 0 Å². The van der Waals surface area contributed by atoms with Gasteiger partial charge in [0.25, 0.3) is 5.56 Å². The van der Waals surface area contributed by atoms with Crippen LogP contribution < -0.4 is 5.56 Å². The van der Waals surface area contributed by atoms with Gasteiger partial charge in [-0.15, -0.1) is 10.2 Å². The standard InChI is InChI=1S/C17H16ClN7OS/c1-25(2)8-13-15(10-3-5-11(18)6-4-10)12(7-19)17(20-16(13)26)27-9-14-21-23-24-22-14/h3-6H,8-9H2,1-2H3,(H,20,26)(H,21,22,23,24). The summed E-state index contributed by atoms with van der Waals surface area (Å²) in [5, 5.41) is 24.6. The topological polar surface area (TPSA) is 114 Å². The molecular weight excluding hydrogens is 386 g/mol. The molecule has 0 radical (unpaired) electrons. The summed E-state index contributed by atoms with van der Waals surface area (Å²) in [6, 6.07) is 9.34. The lowest BCUT2D eigenvalue weighted by atomic mass is 9.96. The first kappa shape index (κ1) is 19.1. The summed E-state index contributed by atoms with van der Waals surface area (Å²) in [5.41, 5.74) is 2.08. The van der Waals surface area contributed by atoms with Gasteiger partial charge >= 0.3 is 0 Å². The normalized spacial score (nSPS) is 10.9. The number of nitrogens with zero attached hydrogens (tertiary/aromatic N) is 5. The Hall–Kier alpha value is -2.67. The van der Waals surface area contributed by atoms with E-state index in [0.29, 0.717) is 44.9 Å². The van der Waals surface area contributed by atoms with Crippen molar-refractivity contribution >= 4 is 23.4 Å². The van der Waals surface area contributed by atoms with Crippen molar-refractivity contribution in [3.05, 3.63) is 56.6 Å². The molecule has 10 heteroatoms. The number of aromatic amines is 2. The molecule has 0 spiro atoms. The molecule has 3 rings (SSSR count). The van der Waals surface area contributed by atoms with Gasteiger partial charge in [-0.25, -0.2) is 0 Å². The average Bonchev–Trinajstić information content (AvgIpc) is 3.15. The molecule has 0 unspecified atom stereocenters. The Labute approximate surface area is 164 Å². The van der Waals surface area contributed by atoms with Crippen molar-refractivity contribution in [3.63, 3.8) is 0 Å². The average molecular weight is 402 g/mol. The molecule has 138 valence electrons. The van der Waals surface area contributed by atoms with Gasteiger partial charge in [0.15, 0.2) is 5.82 Å². The molecule has 8 nitrogen and oxygen atoms in total. The smallest absolute Gasteiger partial charge is 0.253 e. The molecule has 0 aliphatic carbocycles. The van der Waals surface area contributed by atoms with E-state index < -0.39 is 0 Å². The molecule has 2 aromatic heterocycles. The highest BCUT2D eigenvalue weighted by atomic mass is 35.5. The molecule has 0 aliphatic rings. The monoisotopic (exact) mass is 401 g/mol. The Morgan fingerprint density at radius 2 is 2.04 bits per heavy atom. The number of rotatable bonds is 6. The van der Waals surface area contributed by atoms with Gasteiger partial charge in [0.2, 0.25) is 0 Å². The highest BCUT2D eigenvalue weighted by Gasteiger charge is 2.20. The van der Waals surface area contributed by atoms with Crippen LogP contribution >= 0.6 is 23.4 Å². The van der Waals surface area contributed by atoms with E-state index in [0.717, 1.165) is 5.56 Å². The number of tetrazole rings is 1. The van der Waals surface area contributed by atoms with E-state index in [4.69, 9.17) is 11.6 Å². The number of aromatic nitrogens is 5. The lowest BCUT2D eigenvalue weighted by Gasteiger charge is -2.17. The second kappa shape index (κ2) is 8.35. The minimum atomic E-state index is -0.233. The van der Waals surface area contributed by atoms with Crippen LogP contribution in [0.5, 0.6) is 0 Å². The molecule has 0 saturated carbocycles. The van der Waals surface area contributed by atoms with Crippen LogP contribution in [-0.4, -0.2) is 44.6 Å². The summed E-state index contributed by atoms with van der Waals surface area (Å²) in [5.74, 6) is 0.851. The van der Waals surface area contributed by atoms with Gasteiger partial charge in [-0.05, 0) is 31.8 Å². The van der Waals surface area contributed by atoms with Crippen molar-refractivity contribution in [3.8, 4) is 17.2 Å². The second-order valence-electron chi connectivity index (χ2n) is 5.98. The molecule has 0 fully saturated rings. The maximum atomic E-state index is 12.8. The Kier molecular flexibility index (Phi) is 5.91. The minimum Gasteiger partial charge on any atom is -0.316 e. The van der Waals surface area contributed by atoms with Gasteiger partial charge in [-0.1, -0.05) is 40.7 Å². The van der Waals surface area contributed by atoms with E-state index in [-0.39, 0.29) is 5.56 Å².